The van der Waals surface area contributed by atoms with E-state index in [2.05, 4.69) is 4.98 Å². The predicted octanol–water partition coefficient (Wildman–Crippen LogP) is 0.415. The van der Waals surface area contributed by atoms with Crippen molar-refractivity contribution in [3.63, 3.8) is 0 Å². The fourth-order valence-electron chi connectivity index (χ4n) is 0.640. The molecule has 0 saturated heterocycles. The first-order chi connectivity index (χ1) is 4.75. The van der Waals surface area contributed by atoms with Crippen LogP contribution < -0.4 is 0 Å². The van der Waals surface area contributed by atoms with E-state index in [0.29, 0.717) is 0 Å². The smallest absolute Gasteiger partial charge is 0.229 e. The number of nitriles is 1. The first-order valence-electron chi connectivity index (χ1n) is 2.70. The molecule has 0 amide bonds. The molecule has 1 rings (SSSR count). The predicted molar refractivity (Wildman–Crippen MR) is 33.2 cm³/mol. The summed E-state index contributed by atoms with van der Waals surface area (Å²) in [5, 5.41) is 8.37. The SMILES string of the molecule is CC(=O)n1ccnc1C#N. The monoisotopic (exact) mass is 135 g/mol. The Morgan fingerprint density at radius 2 is 2.60 bits per heavy atom. The third kappa shape index (κ3) is 0.890. The number of nitrogens with zero attached hydrogens (tertiary/aromatic N) is 3. The van der Waals surface area contributed by atoms with Gasteiger partial charge in [0.05, 0.1) is 0 Å². The van der Waals surface area contributed by atoms with Crippen LogP contribution in [0.5, 0.6) is 0 Å². The van der Waals surface area contributed by atoms with Gasteiger partial charge >= 0.3 is 0 Å². The lowest BCUT2D eigenvalue weighted by Gasteiger charge is -1.92. The van der Waals surface area contributed by atoms with E-state index in [-0.39, 0.29) is 11.7 Å². The maximum atomic E-state index is 10.7. The Kier molecular flexibility index (Phi) is 1.50. The van der Waals surface area contributed by atoms with Crippen molar-refractivity contribution in [3.05, 3.63) is 18.2 Å². The van der Waals surface area contributed by atoms with Crippen LogP contribution in [-0.4, -0.2) is 15.5 Å². The Hall–Kier alpha value is -1.63. The number of rotatable bonds is 0. The maximum Gasteiger partial charge on any atom is 0.229 e. The number of hydrogen-bond donors (Lipinski definition) is 0. The molecule has 10 heavy (non-hydrogen) atoms. The molecule has 1 heterocycles. The van der Waals surface area contributed by atoms with Gasteiger partial charge in [0.15, 0.2) is 0 Å². The molecule has 0 saturated carbocycles. The summed E-state index contributed by atoms with van der Waals surface area (Å²) in [6, 6.07) is 1.79. The number of carbonyl (C=O) groups is 1. The highest BCUT2D eigenvalue weighted by Gasteiger charge is 2.02. The van der Waals surface area contributed by atoms with Gasteiger partial charge in [-0.3, -0.25) is 9.36 Å². The summed E-state index contributed by atoms with van der Waals surface area (Å²) in [5.41, 5.74) is 0. The Morgan fingerprint density at radius 1 is 1.90 bits per heavy atom. The summed E-state index contributed by atoms with van der Waals surface area (Å²) < 4.78 is 1.19. The summed E-state index contributed by atoms with van der Waals surface area (Å²) in [6.45, 7) is 1.38. The minimum Gasteiger partial charge on any atom is -0.274 e. The molecule has 4 heteroatoms. The Balaban J connectivity index is 3.17. The van der Waals surface area contributed by atoms with E-state index >= 15 is 0 Å². The van der Waals surface area contributed by atoms with E-state index in [9.17, 15) is 4.79 Å². The van der Waals surface area contributed by atoms with Crippen LogP contribution in [0.2, 0.25) is 0 Å². The van der Waals surface area contributed by atoms with Gasteiger partial charge in [-0.05, 0) is 0 Å². The standard InChI is InChI=1S/C6H5N3O/c1-5(10)9-3-2-8-6(9)4-7/h2-3H,1H3. The van der Waals surface area contributed by atoms with Crippen molar-refractivity contribution in [2.75, 3.05) is 0 Å². The first-order valence-corrected chi connectivity index (χ1v) is 2.70. The van der Waals surface area contributed by atoms with Crippen molar-refractivity contribution < 1.29 is 4.79 Å². The number of imidazole rings is 1. The quantitative estimate of drug-likeness (QED) is 0.517. The summed E-state index contributed by atoms with van der Waals surface area (Å²) >= 11 is 0. The van der Waals surface area contributed by atoms with Crippen molar-refractivity contribution >= 4 is 5.91 Å². The van der Waals surface area contributed by atoms with Gasteiger partial charge in [-0.15, -0.1) is 0 Å². The molecule has 0 N–H and O–H groups in total. The van der Waals surface area contributed by atoms with E-state index in [1.54, 1.807) is 6.07 Å². The minimum atomic E-state index is -0.200. The highest BCUT2D eigenvalue weighted by atomic mass is 16.1. The van der Waals surface area contributed by atoms with Crippen LogP contribution in [-0.2, 0) is 0 Å². The molecular weight excluding hydrogens is 130 g/mol. The van der Waals surface area contributed by atoms with Gasteiger partial charge in [-0.25, -0.2) is 4.98 Å². The lowest BCUT2D eigenvalue weighted by Crippen LogP contribution is -2.06. The van der Waals surface area contributed by atoms with E-state index < -0.39 is 0 Å². The molecule has 0 spiro atoms. The molecule has 0 aliphatic carbocycles. The second-order valence-corrected chi connectivity index (χ2v) is 1.75. The van der Waals surface area contributed by atoms with Crippen molar-refractivity contribution in [1.82, 2.24) is 9.55 Å². The number of aromatic nitrogens is 2. The van der Waals surface area contributed by atoms with E-state index in [4.69, 9.17) is 5.26 Å². The Morgan fingerprint density at radius 3 is 3.00 bits per heavy atom. The summed E-state index contributed by atoms with van der Waals surface area (Å²) in [7, 11) is 0. The van der Waals surface area contributed by atoms with Gasteiger partial charge in [0, 0.05) is 19.3 Å². The molecule has 50 valence electrons. The van der Waals surface area contributed by atoms with Crippen LogP contribution in [0.1, 0.15) is 17.5 Å². The second-order valence-electron chi connectivity index (χ2n) is 1.75. The molecule has 0 radical (unpaired) electrons. The van der Waals surface area contributed by atoms with E-state index in [1.807, 2.05) is 0 Å². The molecule has 0 unspecified atom stereocenters. The fraction of sp³-hybridized carbons (Fsp3) is 0.167. The number of hydrogen-bond acceptors (Lipinski definition) is 3. The molecular formula is C6H5N3O. The second kappa shape index (κ2) is 2.31. The van der Waals surface area contributed by atoms with Gasteiger partial charge < -0.3 is 0 Å². The average molecular weight is 135 g/mol. The van der Waals surface area contributed by atoms with Crippen LogP contribution in [0.15, 0.2) is 12.4 Å². The molecule has 0 aromatic carbocycles. The zero-order valence-corrected chi connectivity index (χ0v) is 5.40. The van der Waals surface area contributed by atoms with Gasteiger partial charge in [0.25, 0.3) is 0 Å². The van der Waals surface area contributed by atoms with Crippen molar-refractivity contribution in [2.24, 2.45) is 0 Å². The third-order valence-electron chi connectivity index (χ3n) is 1.08. The van der Waals surface area contributed by atoms with Crippen molar-refractivity contribution in [1.29, 1.82) is 5.26 Å². The van der Waals surface area contributed by atoms with Gasteiger partial charge in [0.1, 0.15) is 6.07 Å². The first kappa shape index (κ1) is 6.49. The van der Waals surface area contributed by atoms with Crippen molar-refractivity contribution in [3.8, 4) is 6.07 Å². The zero-order chi connectivity index (χ0) is 7.56. The average Bonchev–Trinajstić information content (AvgIpc) is 2.33. The normalized spacial score (nSPS) is 8.80. The van der Waals surface area contributed by atoms with Crippen molar-refractivity contribution in [2.45, 2.75) is 6.92 Å². The Labute approximate surface area is 57.7 Å². The summed E-state index contributed by atoms with van der Waals surface area (Å²) in [4.78, 5) is 14.3. The zero-order valence-electron chi connectivity index (χ0n) is 5.40. The van der Waals surface area contributed by atoms with E-state index in [1.165, 1.54) is 23.9 Å². The highest BCUT2D eigenvalue weighted by molar-refractivity contribution is 5.77. The third-order valence-corrected chi connectivity index (χ3v) is 1.08. The molecule has 0 fully saturated rings. The summed E-state index contributed by atoms with van der Waals surface area (Å²) in [5.74, 6) is -0.0680. The molecule has 1 aromatic rings. The Bertz CT molecular complexity index is 294. The van der Waals surface area contributed by atoms with E-state index in [0.717, 1.165) is 0 Å². The molecule has 4 nitrogen and oxygen atoms in total. The van der Waals surface area contributed by atoms with Crippen LogP contribution in [0.3, 0.4) is 0 Å². The molecule has 0 aliphatic heterocycles. The van der Waals surface area contributed by atoms with Crippen LogP contribution in [0, 0.1) is 11.3 Å². The van der Waals surface area contributed by atoms with Gasteiger partial charge in [0.2, 0.25) is 11.7 Å². The minimum absolute atomic E-state index is 0.132. The lowest BCUT2D eigenvalue weighted by atomic mass is 10.6. The molecule has 0 aliphatic rings. The topological polar surface area (TPSA) is 58.7 Å². The van der Waals surface area contributed by atoms with Gasteiger partial charge in [-0.1, -0.05) is 0 Å². The van der Waals surface area contributed by atoms with Crippen LogP contribution >= 0.6 is 0 Å². The van der Waals surface area contributed by atoms with Gasteiger partial charge in [-0.2, -0.15) is 5.26 Å². The van der Waals surface area contributed by atoms with Crippen LogP contribution in [0.25, 0.3) is 0 Å². The fourth-order valence-corrected chi connectivity index (χ4v) is 0.640. The largest absolute Gasteiger partial charge is 0.274 e. The maximum absolute atomic E-state index is 10.7. The van der Waals surface area contributed by atoms with Crippen LogP contribution in [0.4, 0.5) is 0 Å². The molecule has 0 atom stereocenters. The molecule has 0 bridgehead atoms. The highest BCUT2D eigenvalue weighted by Crippen LogP contribution is 1.93. The summed E-state index contributed by atoms with van der Waals surface area (Å²) in [6.07, 6.45) is 2.88. The lowest BCUT2D eigenvalue weighted by molar-refractivity contribution is 0.0935. The number of carbonyl (C=O) groups excluding carboxylic acids is 1. The molecule has 1 aromatic heterocycles.